The second-order valence-electron chi connectivity index (χ2n) is 8.44. The van der Waals surface area contributed by atoms with Crippen LogP contribution >= 0.6 is 24.0 Å². The van der Waals surface area contributed by atoms with Crippen molar-refractivity contribution in [2.45, 2.75) is 65.0 Å². The number of amides is 1. The normalized spacial score (nSPS) is 17.3. The van der Waals surface area contributed by atoms with Gasteiger partial charge in [0, 0.05) is 50.9 Å². The third-order valence-corrected chi connectivity index (χ3v) is 6.13. The molecule has 2 N–H and O–H groups in total. The Morgan fingerprint density at radius 2 is 1.97 bits per heavy atom. The molecule has 0 atom stereocenters. The summed E-state index contributed by atoms with van der Waals surface area (Å²) in [5, 5.41) is 6.89. The molecule has 1 saturated carbocycles. The van der Waals surface area contributed by atoms with Crippen LogP contribution in [-0.4, -0.2) is 54.5 Å². The summed E-state index contributed by atoms with van der Waals surface area (Å²) in [6.45, 7) is 7.26. The molecule has 1 aromatic rings. The molecule has 1 aromatic heterocycles. The molecular weight excluding hydrogens is 505 g/mol. The van der Waals surface area contributed by atoms with Gasteiger partial charge in [0.1, 0.15) is 0 Å². The van der Waals surface area contributed by atoms with Crippen molar-refractivity contribution in [3.05, 3.63) is 23.9 Å². The van der Waals surface area contributed by atoms with Crippen molar-refractivity contribution < 1.29 is 9.53 Å². The highest BCUT2D eigenvalue weighted by atomic mass is 127. The topological polar surface area (TPSA) is 78.9 Å². The predicted octanol–water partition coefficient (Wildman–Crippen LogP) is 3.58. The van der Waals surface area contributed by atoms with Gasteiger partial charge >= 0.3 is 0 Å². The van der Waals surface area contributed by atoms with Crippen molar-refractivity contribution in [3.8, 4) is 5.88 Å². The third kappa shape index (κ3) is 8.12. The lowest BCUT2D eigenvalue weighted by molar-refractivity contribution is -0.136. The lowest BCUT2D eigenvalue weighted by atomic mass is 9.98. The van der Waals surface area contributed by atoms with E-state index in [4.69, 9.17) is 4.74 Å². The minimum absolute atomic E-state index is 0. The van der Waals surface area contributed by atoms with Crippen LogP contribution in [0.3, 0.4) is 0 Å². The first-order valence-electron chi connectivity index (χ1n) is 11.5. The number of nitrogens with zero attached hydrogens (tertiary/aromatic N) is 3. The molecule has 0 aromatic carbocycles. The van der Waals surface area contributed by atoms with Crippen molar-refractivity contribution in [3.63, 3.8) is 0 Å². The molecule has 0 unspecified atom stereocenters. The maximum absolute atomic E-state index is 12.6. The Kier molecular flexibility index (Phi) is 10.8. The van der Waals surface area contributed by atoms with Crippen LogP contribution in [0.1, 0.15) is 57.9 Å². The number of carbonyl (C=O) groups excluding carboxylic acids is 1. The summed E-state index contributed by atoms with van der Waals surface area (Å²) in [6, 6.07) is 4.31. The van der Waals surface area contributed by atoms with Gasteiger partial charge in [-0.25, -0.2) is 4.98 Å². The van der Waals surface area contributed by atoms with Gasteiger partial charge in [0.15, 0.2) is 5.96 Å². The SMILES string of the molecule is CCC(CC)C(=O)N1CCC(NC(=NC)NCc2ccnc(OCC3CC3)c2)CC1.I. The van der Waals surface area contributed by atoms with E-state index in [1.807, 2.05) is 17.0 Å². The van der Waals surface area contributed by atoms with Gasteiger partial charge in [-0.05, 0) is 56.1 Å². The first kappa shape index (κ1) is 25.7. The number of pyridine rings is 1. The van der Waals surface area contributed by atoms with E-state index in [1.165, 1.54) is 12.8 Å². The Hall–Kier alpha value is -1.58. The Labute approximate surface area is 203 Å². The molecule has 1 saturated heterocycles. The molecule has 0 spiro atoms. The number of halogens is 1. The first-order chi connectivity index (χ1) is 14.6. The lowest BCUT2D eigenvalue weighted by Gasteiger charge is -2.34. The molecule has 3 rings (SSSR count). The maximum atomic E-state index is 12.6. The number of guanidine groups is 1. The Morgan fingerprint density at radius 3 is 2.58 bits per heavy atom. The van der Waals surface area contributed by atoms with Crippen molar-refractivity contribution in [1.29, 1.82) is 0 Å². The molecular formula is C23H38IN5O2. The fraction of sp³-hybridized carbons (Fsp3) is 0.696. The standard InChI is InChI=1S/C23H37N5O2.HI/c1-4-19(5-2)22(29)28-12-9-20(10-13-28)27-23(24-3)26-15-18-8-11-25-21(14-18)30-16-17-6-7-17;/h8,11,14,17,19-20H,4-7,9-10,12-13,15-16H2,1-3H3,(H2,24,26,27);1H. The number of rotatable bonds is 9. The van der Waals surface area contributed by atoms with Crippen molar-refractivity contribution in [2.24, 2.45) is 16.8 Å². The number of carbonyl (C=O) groups is 1. The summed E-state index contributed by atoms with van der Waals surface area (Å²) in [5.74, 6) is 2.68. The minimum Gasteiger partial charge on any atom is -0.477 e. The summed E-state index contributed by atoms with van der Waals surface area (Å²) >= 11 is 0. The van der Waals surface area contributed by atoms with Crippen LogP contribution in [0, 0.1) is 11.8 Å². The van der Waals surface area contributed by atoms with Crippen LogP contribution in [0.4, 0.5) is 0 Å². The van der Waals surface area contributed by atoms with Crippen LogP contribution in [-0.2, 0) is 11.3 Å². The molecule has 2 aliphatic rings. The van der Waals surface area contributed by atoms with Crippen molar-refractivity contribution in [2.75, 3.05) is 26.7 Å². The molecule has 31 heavy (non-hydrogen) atoms. The van der Waals surface area contributed by atoms with E-state index in [2.05, 4.69) is 34.5 Å². The number of nitrogens with one attached hydrogen (secondary N) is 2. The fourth-order valence-corrected chi connectivity index (χ4v) is 3.84. The summed E-state index contributed by atoms with van der Waals surface area (Å²) in [4.78, 5) is 23.3. The maximum Gasteiger partial charge on any atom is 0.225 e. The zero-order valence-corrected chi connectivity index (χ0v) is 21.4. The highest BCUT2D eigenvalue weighted by Gasteiger charge is 2.27. The number of piperidine rings is 1. The number of hydrogen-bond donors (Lipinski definition) is 2. The number of aliphatic imine (C=N–C) groups is 1. The monoisotopic (exact) mass is 543 g/mol. The number of ether oxygens (including phenoxy) is 1. The number of aromatic nitrogens is 1. The van der Waals surface area contributed by atoms with Gasteiger partial charge in [0.2, 0.25) is 11.8 Å². The largest absolute Gasteiger partial charge is 0.477 e. The average molecular weight is 543 g/mol. The highest BCUT2D eigenvalue weighted by molar-refractivity contribution is 14.0. The molecule has 1 aliphatic heterocycles. The van der Waals surface area contributed by atoms with Gasteiger partial charge < -0.3 is 20.3 Å². The van der Waals surface area contributed by atoms with E-state index >= 15 is 0 Å². The molecule has 1 amide bonds. The van der Waals surface area contributed by atoms with E-state index < -0.39 is 0 Å². The first-order valence-corrected chi connectivity index (χ1v) is 11.5. The van der Waals surface area contributed by atoms with Crippen LogP contribution < -0.4 is 15.4 Å². The molecule has 174 valence electrons. The number of likely N-dealkylation sites (tertiary alicyclic amines) is 1. The van der Waals surface area contributed by atoms with Gasteiger partial charge in [0.25, 0.3) is 0 Å². The number of hydrogen-bond acceptors (Lipinski definition) is 4. The lowest BCUT2D eigenvalue weighted by Crippen LogP contribution is -2.50. The molecule has 7 nitrogen and oxygen atoms in total. The Bertz CT molecular complexity index is 714. The molecule has 1 aliphatic carbocycles. The smallest absolute Gasteiger partial charge is 0.225 e. The Balaban J connectivity index is 0.00000341. The fourth-order valence-electron chi connectivity index (χ4n) is 3.84. The van der Waals surface area contributed by atoms with E-state index in [9.17, 15) is 4.79 Å². The van der Waals surface area contributed by atoms with Crippen molar-refractivity contribution in [1.82, 2.24) is 20.5 Å². The van der Waals surface area contributed by atoms with Crippen LogP contribution in [0.2, 0.25) is 0 Å². The van der Waals surface area contributed by atoms with E-state index in [-0.39, 0.29) is 29.9 Å². The van der Waals surface area contributed by atoms with Crippen LogP contribution in [0.5, 0.6) is 5.88 Å². The third-order valence-electron chi connectivity index (χ3n) is 6.13. The molecule has 8 heteroatoms. The zero-order chi connectivity index (χ0) is 21.3. The van der Waals surface area contributed by atoms with Gasteiger partial charge in [-0.1, -0.05) is 13.8 Å². The van der Waals surface area contributed by atoms with E-state index in [0.717, 1.165) is 56.9 Å². The molecule has 0 radical (unpaired) electrons. The quantitative estimate of drug-likeness (QED) is 0.283. The van der Waals surface area contributed by atoms with Crippen molar-refractivity contribution >= 4 is 35.8 Å². The van der Waals surface area contributed by atoms with Crippen LogP contribution in [0.15, 0.2) is 23.3 Å². The van der Waals surface area contributed by atoms with Gasteiger partial charge in [-0.15, -0.1) is 24.0 Å². The highest BCUT2D eigenvalue weighted by Crippen LogP contribution is 2.29. The van der Waals surface area contributed by atoms with E-state index in [0.29, 0.717) is 30.3 Å². The van der Waals surface area contributed by atoms with Gasteiger partial charge in [0.05, 0.1) is 6.61 Å². The zero-order valence-electron chi connectivity index (χ0n) is 19.1. The summed E-state index contributed by atoms with van der Waals surface area (Å²) in [5.41, 5.74) is 1.12. The predicted molar refractivity (Wildman–Crippen MR) is 135 cm³/mol. The average Bonchev–Trinajstić information content (AvgIpc) is 3.61. The summed E-state index contributed by atoms with van der Waals surface area (Å²) < 4.78 is 5.77. The second-order valence-corrected chi connectivity index (χ2v) is 8.44. The molecule has 2 heterocycles. The van der Waals surface area contributed by atoms with E-state index in [1.54, 1.807) is 13.2 Å². The second kappa shape index (κ2) is 13.1. The summed E-state index contributed by atoms with van der Waals surface area (Å²) in [7, 11) is 1.79. The Morgan fingerprint density at radius 1 is 1.26 bits per heavy atom. The minimum atomic E-state index is 0. The van der Waals surface area contributed by atoms with Gasteiger partial charge in [-0.2, -0.15) is 0 Å². The van der Waals surface area contributed by atoms with Gasteiger partial charge in [-0.3, -0.25) is 9.79 Å². The van der Waals surface area contributed by atoms with Crippen LogP contribution in [0.25, 0.3) is 0 Å². The molecule has 0 bridgehead atoms. The molecule has 2 fully saturated rings. The summed E-state index contributed by atoms with van der Waals surface area (Å²) in [6.07, 6.45) is 8.07.